The Kier molecular flexibility index (Phi) is 6.84. The van der Waals surface area contributed by atoms with E-state index in [1.165, 1.54) is 18.9 Å². The molecule has 1 heterocycles. The van der Waals surface area contributed by atoms with Crippen molar-refractivity contribution >= 4 is 23.6 Å². The first-order valence-corrected chi connectivity index (χ1v) is 9.69. The van der Waals surface area contributed by atoms with Gasteiger partial charge in [-0.1, -0.05) is 31.0 Å². The van der Waals surface area contributed by atoms with Gasteiger partial charge in [0.1, 0.15) is 5.75 Å². The van der Waals surface area contributed by atoms with Crippen LogP contribution in [0.1, 0.15) is 41.6 Å². The van der Waals surface area contributed by atoms with Gasteiger partial charge in [0.05, 0.1) is 7.11 Å². The van der Waals surface area contributed by atoms with Gasteiger partial charge in [0.25, 0.3) is 5.91 Å². The number of benzene rings is 2. The molecule has 0 bridgehead atoms. The van der Waals surface area contributed by atoms with Crippen molar-refractivity contribution in [3.63, 3.8) is 0 Å². The summed E-state index contributed by atoms with van der Waals surface area (Å²) < 4.78 is 5.27. The predicted molar refractivity (Wildman–Crippen MR) is 111 cm³/mol. The maximum Gasteiger partial charge on any atom is 0.253 e. The zero-order chi connectivity index (χ0) is 19.8. The van der Waals surface area contributed by atoms with Crippen LogP contribution in [0.3, 0.4) is 0 Å². The van der Waals surface area contributed by atoms with Crippen LogP contribution in [-0.2, 0) is 4.79 Å². The second kappa shape index (κ2) is 9.74. The van der Waals surface area contributed by atoms with Crippen molar-refractivity contribution in [2.75, 3.05) is 25.5 Å². The third-order valence-corrected chi connectivity index (χ3v) is 4.85. The molecule has 0 spiro atoms. The molecule has 0 aliphatic carbocycles. The molecule has 0 unspecified atom stereocenters. The van der Waals surface area contributed by atoms with Crippen molar-refractivity contribution in [2.45, 2.75) is 25.7 Å². The van der Waals surface area contributed by atoms with Gasteiger partial charge in [-0.15, -0.1) is 0 Å². The molecule has 28 heavy (non-hydrogen) atoms. The number of nitrogens with zero attached hydrogens (tertiary/aromatic N) is 1. The average molecular weight is 378 g/mol. The quantitative estimate of drug-likeness (QED) is 0.787. The molecule has 0 radical (unpaired) electrons. The van der Waals surface area contributed by atoms with E-state index in [-0.39, 0.29) is 11.8 Å². The fraction of sp³-hybridized carbons (Fsp3) is 0.304. The molecular formula is C23H26N2O3. The van der Waals surface area contributed by atoms with Gasteiger partial charge in [0.15, 0.2) is 0 Å². The van der Waals surface area contributed by atoms with Crippen LogP contribution in [-0.4, -0.2) is 36.9 Å². The van der Waals surface area contributed by atoms with Crippen LogP contribution in [0.15, 0.2) is 54.6 Å². The van der Waals surface area contributed by atoms with Crippen molar-refractivity contribution in [3.05, 3.63) is 65.7 Å². The number of nitrogens with one attached hydrogen (secondary N) is 1. The standard InChI is InChI=1S/C23H26N2O3/c1-28-21-9-5-4-8-18(21)12-15-22(26)24-20-13-10-19(11-14-20)23(27)25-16-6-2-3-7-17-25/h4-5,8-15H,2-3,6-7,16-17H2,1H3,(H,24,26)/b15-12+. The van der Waals surface area contributed by atoms with Gasteiger partial charge in [-0.3, -0.25) is 9.59 Å². The van der Waals surface area contributed by atoms with E-state index in [1.807, 2.05) is 29.2 Å². The van der Waals surface area contributed by atoms with E-state index in [0.29, 0.717) is 17.0 Å². The first kappa shape index (κ1) is 19.7. The molecule has 1 saturated heterocycles. The maximum atomic E-state index is 12.6. The maximum absolute atomic E-state index is 12.6. The summed E-state index contributed by atoms with van der Waals surface area (Å²) in [6.45, 7) is 1.65. The van der Waals surface area contributed by atoms with Crippen molar-refractivity contribution in [1.29, 1.82) is 0 Å². The second-order valence-electron chi connectivity index (χ2n) is 6.85. The number of rotatable bonds is 5. The van der Waals surface area contributed by atoms with Crippen molar-refractivity contribution in [1.82, 2.24) is 4.90 Å². The summed E-state index contributed by atoms with van der Waals surface area (Å²) in [5.74, 6) is 0.538. The van der Waals surface area contributed by atoms with Crippen molar-refractivity contribution in [2.24, 2.45) is 0 Å². The molecule has 146 valence electrons. The summed E-state index contributed by atoms with van der Waals surface area (Å²) in [4.78, 5) is 26.7. The molecule has 0 aromatic heterocycles. The summed E-state index contributed by atoms with van der Waals surface area (Å²) >= 11 is 0. The Morgan fingerprint density at radius 1 is 0.964 bits per heavy atom. The summed E-state index contributed by atoms with van der Waals surface area (Å²) in [5, 5.41) is 2.81. The van der Waals surface area contributed by atoms with Crippen LogP contribution in [0.25, 0.3) is 6.08 Å². The highest BCUT2D eigenvalue weighted by atomic mass is 16.5. The molecule has 2 amide bonds. The monoisotopic (exact) mass is 378 g/mol. The van der Waals surface area contributed by atoms with Crippen LogP contribution < -0.4 is 10.1 Å². The number of methoxy groups -OCH3 is 1. The lowest BCUT2D eigenvalue weighted by molar-refractivity contribution is -0.111. The van der Waals surface area contributed by atoms with E-state index in [9.17, 15) is 9.59 Å². The molecule has 2 aromatic carbocycles. The molecule has 0 atom stereocenters. The van der Waals surface area contributed by atoms with E-state index in [2.05, 4.69) is 5.32 Å². The van der Waals surface area contributed by atoms with Crippen LogP contribution in [0.2, 0.25) is 0 Å². The van der Waals surface area contributed by atoms with Gasteiger partial charge < -0.3 is 15.0 Å². The lowest BCUT2D eigenvalue weighted by Crippen LogP contribution is -2.31. The van der Waals surface area contributed by atoms with Crippen molar-refractivity contribution < 1.29 is 14.3 Å². The number of hydrogen-bond donors (Lipinski definition) is 1. The number of hydrogen-bond acceptors (Lipinski definition) is 3. The first-order chi connectivity index (χ1) is 13.7. The number of likely N-dealkylation sites (tertiary alicyclic amines) is 1. The molecular weight excluding hydrogens is 352 g/mol. The zero-order valence-corrected chi connectivity index (χ0v) is 16.2. The number of anilines is 1. The zero-order valence-electron chi connectivity index (χ0n) is 16.2. The Labute approximate surface area is 166 Å². The fourth-order valence-electron chi connectivity index (χ4n) is 3.31. The lowest BCUT2D eigenvalue weighted by Gasteiger charge is -2.20. The molecule has 3 rings (SSSR count). The Morgan fingerprint density at radius 3 is 2.32 bits per heavy atom. The molecule has 5 heteroatoms. The Hall–Kier alpha value is -3.08. The Morgan fingerprint density at radius 2 is 1.64 bits per heavy atom. The van der Waals surface area contributed by atoms with Crippen LogP contribution >= 0.6 is 0 Å². The molecule has 1 fully saturated rings. The summed E-state index contributed by atoms with van der Waals surface area (Å²) in [5.41, 5.74) is 2.14. The molecule has 1 aliphatic rings. The highest BCUT2D eigenvalue weighted by Gasteiger charge is 2.17. The SMILES string of the molecule is COc1ccccc1/C=C/C(=O)Nc1ccc(C(=O)N2CCCCCC2)cc1. The number of carbonyl (C=O) groups excluding carboxylic acids is 2. The van der Waals surface area contributed by atoms with Gasteiger partial charge in [-0.05, 0) is 49.2 Å². The summed E-state index contributed by atoms with van der Waals surface area (Å²) in [6, 6.07) is 14.6. The smallest absolute Gasteiger partial charge is 0.253 e. The highest BCUT2D eigenvalue weighted by molar-refractivity contribution is 6.02. The van der Waals surface area contributed by atoms with Gasteiger partial charge >= 0.3 is 0 Å². The summed E-state index contributed by atoms with van der Waals surface area (Å²) in [6.07, 6.45) is 7.70. The van der Waals surface area contributed by atoms with Gasteiger partial charge in [-0.25, -0.2) is 0 Å². The van der Waals surface area contributed by atoms with E-state index < -0.39 is 0 Å². The van der Waals surface area contributed by atoms with Gasteiger partial charge in [-0.2, -0.15) is 0 Å². The number of carbonyl (C=O) groups is 2. The predicted octanol–water partition coefficient (Wildman–Crippen LogP) is 4.36. The molecule has 1 aliphatic heterocycles. The Balaban J connectivity index is 1.59. The fourth-order valence-corrected chi connectivity index (χ4v) is 3.31. The topological polar surface area (TPSA) is 58.6 Å². The molecule has 1 N–H and O–H groups in total. The lowest BCUT2D eigenvalue weighted by atomic mass is 10.1. The molecule has 0 saturated carbocycles. The minimum absolute atomic E-state index is 0.0656. The van der Waals surface area contributed by atoms with E-state index >= 15 is 0 Å². The molecule has 5 nitrogen and oxygen atoms in total. The third-order valence-electron chi connectivity index (χ3n) is 4.85. The largest absolute Gasteiger partial charge is 0.496 e. The Bertz CT molecular complexity index is 835. The van der Waals surface area contributed by atoms with Crippen LogP contribution in [0.4, 0.5) is 5.69 Å². The number of amides is 2. The number of para-hydroxylation sites is 1. The van der Waals surface area contributed by atoms with Gasteiger partial charge in [0.2, 0.25) is 5.91 Å². The average Bonchev–Trinajstić information content (AvgIpc) is 3.02. The minimum atomic E-state index is -0.238. The first-order valence-electron chi connectivity index (χ1n) is 9.69. The van der Waals surface area contributed by atoms with E-state index in [4.69, 9.17) is 4.74 Å². The minimum Gasteiger partial charge on any atom is -0.496 e. The van der Waals surface area contributed by atoms with Crippen LogP contribution in [0.5, 0.6) is 5.75 Å². The van der Waals surface area contributed by atoms with Crippen molar-refractivity contribution in [3.8, 4) is 5.75 Å². The molecule has 2 aromatic rings. The van der Waals surface area contributed by atoms with E-state index in [1.54, 1.807) is 37.5 Å². The van der Waals surface area contributed by atoms with Crippen LogP contribution in [0, 0.1) is 0 Å². The third kappa shape index (κ3) is 5.22. The normalized spacial score (nSPS) is 14.5. The van der Waals surface area contributed by atoms with Gasteiger partial charge in [0, 0.05) is 36.0 Å². The summed E-state index contributed by atoms with van der Waals surface area (Å²) in [7, 11) is 1.60. The number of ether oxygens (including phenoxy) is 1. The van der Waals surface area contributed by atoms with E-state index in [0.717, 1.165) is 31.5 Å². The second-order valence-corrected chi connectivity index (χ2v) is 6.85. The highest BCUT2D eigenvalue weighted by Crippen LogP contribution is 2.19.